The zero-order valence-electron chi connectivity index (χ0n) is 8.16. The first-order valence-corrected chi connectivity index (χ1v) is 6.00. The summed E-state index contributed by atoms with van der Waals surface area (Å²) < 4.78 is 0. The van der Waals surface area contributed by atoms with Crippen LogP contribution in [0.4, 0.5) is 0 Å². The van der Waals surface area contributed by atoms with Crippen LogP contribution < -0.4 is 5.73 Å². The van der Waals surface area contributed by atoms with Crippen molar-refractivity contribution >= 4 is 17.7 Å². The van der Waals surface area contributed by atoms with Crippen molar-refractivity contribution < 1.29 is 4.79 Å². The summed E-state index contributed by atoms with van der Waals surface area (Å²) >= 11 is 1.72. The van der Waals surface area contributed by atoms with Crippen molar-refractivity contribution in [2.24, 2.45) is 5.73 Å². The van der Waals surface area contributed by atoms with E-state index in [-0.39, 0.29) is 11.9 Å². The minimum absolute atomic E-state index is 0.208. The molecule has 1 atom stereocenters. The van der Waals surface area contributed by atoms with Crippen molar-refractivity contribution in [3.63, 3.8) is 0 Å². The number of likely N-dealkylation sites (tertiary alicyclic amines) is 1. The van der Waals surface area contributed by atoms with Crippen LogP contribution in [0.3, 0.4) is 0 Å². The Balaban J connectivity index is 2.16. The molecule has 2 N–H and O–H groups in total. The number of thioether (sulfide) groups is 1. The number of nitrogens with zero attached hydrogens (tertiary/aromatic N) is 1. The number of amides is 1. The van der Waals surface area contributed by atoms with Crippen molar-refractivity contribution in [3.05, 3.63) is 0 Å². The molecule has 13 heavy (non-hydrogen) atoms. The second kappa shape index (κ2) is 5.50. The molecule has 76 valence electrons. The minimum atomic E-state index is 0.208. The molecule has 0 spiro atoms. The van der Waals surface area contributed by atoms with Crippen LogP contribution in [0.2, 0.25) is 0 Å². The van der Waals surface area contributed by atoms with Gasteiger partial charge < -0.3 is 10.6 Å². The first-order chi connectivity index (χ1) is 6.24. The molecule has 4 heteroatoms. The van der Waals surface area contributed by atoms with Crippen molar-refractivity contribution in [2.45, 2.75) is 25.8 Å². The molecule has 0 aromatic rings. The average molecular weight is 202 g/mol. The van der Waals surface area contributed by atoms with E-state index in [1.54, 1.807) is 11.8 Å². The van der Waals surface area contributed by atoms with E-state index in [4.69, 9.17) is 5.73 Å². The van der Waals surface area contributed by atoms with Crippen LogP contribution in [0.25, 0.3) is 0 Å². The Hall–Kier alpha value is -0.220. The molecular weight excluding hydrogens is 184 g/mol. The zero-order valence-corrected chi connectivity index (χ0v) is 8.98. The summed E-state index contributed by atoms with van der Waals surface area (Å²) in [4.78, 5) is 13.4. The lowest BCUT2D eigenvalue weighted by Gasteiger charge is -2.14. The summed E-state index contributed by atoms with van der Waals surface area (Å²) in [5, 5.41) is 0. The van der Waals surface area contributed by atoms with Crippen molar-refractivity contribution in [2.75, 3.05) is 24.6 Å². The van der Waals surface area contributed by atoms with Crippen molar-refractivity contribution in [3.8, 4) is 0 Å². The van der Waals surface area contributed by atoms with Crippen LogP contribution in [0, 0.1) is 0 Å². The van der Waals surface area contributed by atoms with Gasteiger partial charge in [0.1, 0.15) is 0 Å². The topological polar surface area (TPSA) is 46.3 Å². The number of carbonyl (C=O) groups is 1. The van der Waals surface area contributed by atoms with E-state index in [1.165, 1.54) is 0 Å². The molecule has 0 unspecified atom stereocenters. The molecule has 1 aliphatic heterocycles. The third-order valence-corrected chi connectivity index (χ3v) is 3.30. The monoisotopic (exact) mass is 202 g/mol. The summed E-state index contributed by atoms with van der Waals surface area (Å²) in [6.07, 6.45) is 2.10. The maximum atomic E-state index is 11.5. The first kappa shape index (κ1) is 10.9. The van der Waals surface area contributed by atoms with Crippen LogP contribution >= 0.6 is 11.8 Å². The number of rotatable bonds is 4. The molecule has 0 saturated carbocycles. The van der Waals surface area contributed by atoms with Gasteiger partial charge in [-0.25, -0.2) is 0 Å². The van der Waals surface area contributed by atoms with E-state index in [0.29, 0.717) is 5.75 Å². The van der Waals surface area contributed by atoms with Gasteiger partial charge in [-0.15, -0.1) is 0 Å². The molecule has 0 aliphatic carbocycles. The Morgan fingerprint density at radius 3 is 3.00 bits per heavy atom. The Morgan fingerprint density at radius 2 is 2.46 bits per heavy atom. The lowest BCUT2D eigenvalue weighted by molar-refractivity contribution is -0.127. The summed E-state index contributed by atoms with van der Waals surface area (Å²) in [5.74, 6) is 1.96. The van der Waals surface area contributed by atoms with Crippen LogP contribution in [-0.2, 0) is 4.79 Å². The molecule has 3 nitrogen and oxygen atoms in total. The molecule has 1 rings (SSSR count). The van der Waals surface area contributed by atoms with Gasteiger partial charge in [-0.2, -0.15) is 11.8 Å². The maximum Gasteiger partial charge on any atom is 0.232 e. The van der Waals surface area contributed by atoms with Gasteiger partial charge in [0.15, 0.2) is 0 Å². The Kier molecular flexibility index (Phi) is 4.59. The van der Waals surface area contributed by atoms with Gasteiger partial charge >= 0.3 is 0 Å². The van der Waals surface area contributed by atoms with E-state index in [0.717, 1.165) is 31.7 Å². The third kappa shape index (κ3) is 3.56. The van der Waals surface area contributed by atoms with Crippen LogP contribution in [0.5, 0.6) is 0 Å². The molecular formula is C9H18N2OS. The summed E-state index contributed by atoms with van der Waals surface area (Å²) in [6.45, 7) is 3.74. The van der Waals surface area contributed by atoms with Gasteiger partial charge in [-0.1, -0.05) is 6.92 Å². The zero-order chi connectivity index (χ0) is 9.68. The van der Waals surface area contributed by atoms with Crippen LogP contribution in [0.1, 0.15) is 19.8 Å². The molecule has 1 heterocycles. The molecule has 0 radical (unpaired) electrons. The van der Waals surface area contributed by atoms with Gasteiger partial charge in [0.2, 0.25) is 5.91 Å². The van der Waals surface area contributed by atoms with Gasteiger partial charge in [0, 0.05) is 19.1 Å². The van der Waals surface area contributed by atoms with Gasteiger partial charge in [0.05, 0.1) is 5.75 Å². The number of hydrogen-bond acceptors (Lipinski definition) is 3. The van der Waals surface area contributed by atoms with E-state index < -0.39 is 0 Å². The SMILES string of the molecule is CCCSCC(=O)N1CC[C@H](N)C1. The second-order valence-corrected chi connectivity index (χ2v) is 4.55. The van der Waals surface area contributed by atoms with E-state index in [2.05, 4.69) is 6.92 Å². The maximum absolute atomic E-state index is 11.5. The highest BCUT2D eigenvalue weighted by molar-refractivity contribution is 7.99. The van der Waals surface area contributed by atoms with Crippen LogP contribution in [0.15, 0.2) is 0 Å². The molecule has 0 bridgehead atoms. The molecule has 0 aromatic heterocycles. The van der Waals surface area contributed by atoms with E-state index >= 15 is 0 Å². The second-order valence-electron chi connectivity index (χ2n) is 3.44. The fourth-order valence-electron chi connectivity index (χ4n) is 1.41. The van der Waals surface area contributed by atoms with Gasteiger partial charge in [0.25, 0.3) is 0 Å². The lowest BCUT2D eigenvalue weighted by Crippen LogP contribution is -2.33. The Morgan fingerprint density at radius 1 is 1.69 bits per heavy atom. The predicted molar refractivity (Wildman–Crippen MR) is 56.8 cm³/mol. The quantitative estimate of drug-likeness (QED) is 0.682. The Bertz CT molecular complexity index is 175. The molecule has 1 aliphatic rings. The van der Waals surface area contributed by atoms with E-state index in [9.17, 15) is 4.79 Å². The molecule has 1 saturated heterocycles. The van der Waals surface area contributed by atoms with Crippen LogP contribution in [-0.4, -0.2) is 41.4 Å². The summed E-state index contributed by atoms with van der Waals surface area (Å²) in [6, 6.07) is 0.208. The van der Waals surface area contributed by atoms with E-state index in [1.807, 2.05) is 4.90 Å². The number of carbonyl (C=O) groups excluding carboxylic acids is 1. The fraction of sp³-hybridized carbons (Fsp3) is 0.889. The number of hydrogen-bond donors (Lipinski definition) is 1. The highest BCUT2D eigenvalue weighted by Gasteiger charge is 2.22. The van der Waals surface area contributed by atoms with Gasteiger partial charge in [-0.3, -0.25) is 4.79 Å². The fourth-order valence-corrected chi connectivity index (χ4v) is 2.20. The van der Waals surface area contributed by atoms with Crippen molar-refractivity contribution in [1.82, 2.24) is 4.90 Å². The minimum Gasteiger partial charge on any atom is -0.340 e. The normalized spacial score (nSPS) is 22.3. The highest BCUT2D eigenvalue weighted by Crippen LogP contribution is 2.10. The molecule has 0 aromatic carbocycles. The smallest absolute Gasteiger partial charge is 0.232 e. The third-order valence-electron chi connectivity index (χ3n) is 2.15. The predicted octanol–water partition coefficient (Wildman–Crippen LogP) is 0.689. The number of nitrogens with two attached hydrogens (primary N) is 1. The lowest BCUT2D eigenvalue weighted by atomic mass is 10.3. The van der Waals surface area contributed by atoms with Crippen molar-refractivity contribution in [1.29, 1.82) is 0 Å². The highest BCUT2D eigenvalue weighted by atomic mass is 32.2. The summed E-state index contributed by atoms with van der Waals surface area (Å²) in [5.41, 5.74) is 5.72. The summed E-state index contributed by atoms with van der Waals surface area (Å²) in [7, 11) is 0. The largest absolute Gasteiger partial charge is 0.340 e. The van der Waals surface area contributed by atoms with Gasteiger partial charge in [-0.05, 0) is 18.6 Å². The first-order valence-electron chi connectivity index (χ1n) is 4.85. The average Bonchev–Trinajstić information content (AvgIpc) is 2.52. The molecule has 1 amide bonds. The standard InChI is InChI=1S/C9H18N2OS/c1-2-5-13-7-9(12)11-4-3-8(10)6-11/h8H,2-7,10H2,1H3/t8-/m0/s1. The Labute approximate surface area is 84.0 Å². The molecule has 1 fully saturated rings.